The zero-order chi connectivity index (χ0) is 30.3. The number of nitrogens with zero attached hydrogens (tertiary/aromatic N) is 2. The number of methoxy groups -OCH3 is 1. The van der Waals surface area contributed by atoms with Crippen LogP contribution in [0.25, 0.3) is 0 Å². The lowest BCUT2D eigenvalue weighted by Gasteiger charge is -2.33. The van der Waals surface area contributed by atoms with E-state index in [-0.39, 0.29) is 39.1 Å². The van der Waals surface area contributed by atoms with E-state index in [2.05, 4.69) is 5.32 Å². The van der Waals surface area contributed by atoms with Gasteiger partial charge in [-0.25, -0.2) is 8.42 Å². The maximum absolute atomic E-state index is 14.1. The molecule has 0 bridgehead atoms. The fourth-order valence-corrected chi connectivity index (χ4v) is 5.97. The fraction of sp³-hybridized carbons (Fsp3) is 0.333. The summed E-state index contributed by atoms with van der Waals surface area (Å²) in [5, 5.41) is 3.25. The summed E-state index contributed by atoms with van der Waals surface area (Å²) in [6.45, 7) is 6.79. The maximum atomic E-state index is 14.1. The van der Waals surface area contributed by atoms with Crippen molar-refractivity contribution in [3.63, 3.8) is 0 Å². The summed E-state index contributed by atoms with van der Waals surface area (Å²) in [7, 11) is -2.68. The average molecular weight is 621 g/mol. The third-order valence-corrected chi connectivity index (χ3v) is 8.91. The Hall–Kier alpha value is -3.27. The first kappa shape index (κ1) is 32.2. The highest BCUT2D eigenvalue weighted by molar-refractivity contribution is 7.92. The van der Waals surface area contributed by atoms with Crippen LogP contribution in [-0.4, -0.2) is 50.9 Å². The molecule has 220 valence electrons. The number of amides is 2. The van der Waals surface area contributed by atoms with E-state index in [1.165, 1.54) is 42.3 Å². The number of hydrogen-bond donors (Lipinski definition) is 1. The number of carbonyl (C=O) groups is 2. The lowest BCUT2D eigenvalue weighted by Crippen LogP contribution is -2.53. The number of aryl methyl sites for hydroxylation is 1. The molecule has 0 saturated carbocycles. The Morgan fingerprint density at radius 2 is 1.66 bits per heavy atom. The number of benzene rings is 3. The van der Waals surface area contributed by atoms with Crippen LogP contribution in [-0.2, 0) is 26.2 Å². The van der Waals surface area contributed by atoms with Crippen LogP contribution in [0.4, 0.5) is 5.69 Å². The molecular weight excluding hydrogens is 585 g/mol. The summed E-state index contributed by atoms with van der Waals surface area (Å²) in [4.78, 5) is 28.8. The topological polar surface area (TPSA) is 96.0 Å². The molecule has 11 heteroatoms. The molecule has 0 saturated heterocycles. The first-order valence-electron chi connectivity index (χ1n) is 13.1. The van der Waals surface area contributed by atoms with Crippen molar-refractivity contribution in [2.75, 3.05) is 18.0 Å². The van der Waals surface area contributed by atoms with Crippen LogP contribution in [0.5, 0.6) is 5.75 Å². The van der Waals surface area contributed by atoms with Crippen molar-refractivity contribution < 1.29 is 22.7 Å². The van der Waals surface area contributed by atoms with Gasteiger partial charge < -0.3 is 15.0 Å². The van der Waals surface area contributed by atoms with E-state index < -0.39 is 28.5 Å². The minimum absolute atomic E-state index is 0.00547. The fourth-order valence-electron chi connectivity index (χ4n) is 4.27. The third kappa shape index (κ3) is 8.15. The number of carbonyl (C=O) groups excluding carboxylic acids is 2. The molecule has 0 aromatic heterocycles. The second kappa shape index (κ2) is 14.1. The van der Waals surface area contributed by atoms with E-state index in [0.717, 1.165) is 15.4 Å². The third-order valence-electron chi connectivity index (χ3n) is 6.38. The van der Waals surface area contributed by atoms with Gasteiger partial charge in [0.15, 0.2) is 0 Å². The van der Waals surface area contributed by atoms with Gasteiger partial charge in [0.25, 0.3) is 10.0 Å². The molecule has 0 aliphatic carbocycles. The predicted octanol–water partition coefficient (Wildman–Crippen LogP) is 5.84. The van der Waals surface area contributed by atoms with Crippen molar-refractivity contribution in [1.82, 2.24) is 10.2 Å². The average Bonchev–Trinajstić information content (AvgIpc) is 2.93. The van der Waals surface area contributed by atoms with Gasteiger partial charge in [-0.2, -0.15) is 0 Å². The van der Waals surface area contributed by atoms with Crippen LogP contribution in [0, 0.1) is 6.92 Å². The molecule has 2 amide bonds. The van der Waals surface area contributed by atoms with E-state index >= 15 is 0 Å². The SMILES string of the molecule is CCC(C(=O)NC(C)C)N(Cc1cccc(OC)c1)C(=O)CN(c1ccc(Cl)c(Cl)c1)S(=O)(=O)c1ccc(C)cc1. The van der Waals surface area contributed by atoms with E-state index in [1.807, 2.05) is 26.8 Å². The smallest absolute Gasteiger partial charge is 0.264 e. The molecule has 41 heavy (non-hydrogen) atoms. The summed E-state index contributed by atoms with van der Waals surface area (Å²) < 4.78 is 34.2. The van der Waals surface area contributed by atoms with Crippen molar-refractivity contribution in [3.8, 4) is 5.75 Å². The summed E-state index contributed by atoms with van der Waals surface area (Å²) >= 11 is 12.4. The lowest BCUT2D eigenvalue weighted by molar-refractivity contribution is -0.140. The quantitative estimate of drug-likeness (QED) is 0.275. The molecule has 0 spiro atoms. The molecule has 1 unspecified atom stereocenters. The molecule has 3 rings (SSSR count). The molecule has 0 fully saturated rings. The molecule has 0 radical (unpaired) electrons. The van der Waals surface area contributed by atoms with Crippen LogP contribution in [0.1, 0.15) is 38.3 Å². The van der Waals surface area contributed by atoms with Crippen LogP contribution < -0.4 is 14.4 Å². The van der Waals surface area contributed by atoms with Crippen molar-refractivity contribution >= 4 is 50.7 Å². The number of sulfonamides is 1. The van der Waals surface area contributed by atoms with E-state index in [1.54, 1.807) is 37.3 Å². The Balaban J connectivity index is 2.10. The molecule has 0 aliphatic heterocycles. The second-order valence-corrected chi connectivity index (χ2v) is 12.6. The molecule has 8 nitrogen and oxygen atoms in total. The molecule has 0 aliphatic rings. The predicted molar refractivity (Wildman–Crippen MR) is 163 cm³/mol. The number of rotatable bonds is 12. The molecule has 3 aromatic rings. The molecule has 0 heterocycles. The maximum Gasteiger partial charge on any atom is 0.264 e. The molecule has 1 atom stereocenters. The summed E-state index contributed by atoms with van der Waals surface area (Å²) in [5.74, 6) is -0.310. The van der Waals surface area contributed by atoms with E-state index in [0.29, 0.717) is 12.2 Å². The molecular formula is C30H35Cl2N3O5S. The number of anilines is 1. The Labute approximate surface area is 252 Å². The van der Waals surface area contributed by atoms with Crippen molar-refractivity contribution in [1.29, 1.82) is 0 Å². The Morgan fingerprint density at radius 1 is 0.976 bits per heavy atom. The zero-order valence-electron chi connectivity index (χ0n) is 23.7. The Kier molecular flexibility index (Phi) is 11.1. The summed E-state index contributed by atoms with van der Waals surface area (Å²) in [6, 6.07) is 16.8. The standard InChI is InChI=1S/C30H35Cl2N3O5S/c1-6-28(30(37)33-20(2)3)34(18-22-8-7-9-24(16-22)40-5)29(36)19-35(23-12-15-26(31)27(32)17-23)41(38,39)25-13-10-21(4)11-14-25/h7-17,20,28H,6,18-19H2,1-5H3,(H,33,37). The zero-order valence-corrected chi connectivity index (χ0v) is 26.1. The number of hydrogen-bond acceptors (Lipinski definition) is 5. The number of nitrogens with one attached hydrogen (secondary N) is 1. The minimum Gasteiger partial charge on any atom is -0.497 e. The van der Waals surface area contributed by atoms with E-state index in [4.69, 9.17) is 27.9 Å². The van der Waals surface area contributed by atoms with Gasteiger partial charge >= 0.3 is 0 Å². The van der Waals surface area contributed by atoms with Gasteiger partial charge in [-0.3, -0.25) is 13.9 Å². The highest BCUT2D eigenvalue weighted by atomic mass is 35.5. The van der Waals surface area contributed by atoms with Crippen molar-refractivity contribution in [2.24, 2.45) is 0 Å². The lowest BCUT2D eigenvalue weighted by atomic mass is 10.1. The normalized spacial score (nSPS) is 12.1. The van der Waals surface area contributed by atoms with Crippen LogP contribution in [0.15, 0.2) is 71.6 Å². The largest absolute Gasteiger partial charge is 0.497 e. The van der Waals surface area contributed by atoms with Crippen LogP contribution in [0.2, 0.25) is 10.0 Å². The number of halogens is 2. The van der Waals surface area contributed by atoms with Gasteiger partial charge in [-0.1, -0.05) is 60.0 Å². The van der Waals surface area contributed by atoms with Crippen LogP contribution in [0.3, 0.4) is 0 Å². The van der Waals surface area contributed by atoms with Crippen LogP contribution >= 0.6 is 23.2 Å². The van der Waals surface area contributed by atoms with Gasteiger partial charge in [-0.15, -0.1) is 0 Å². The van der Waals surface area contributed by atoms with Gasteiger partial charge in [0.1, 0.15) is 18.3 Å². The molecule has 1 N–H and O–H groups in total. The van der Waals surface area contributed by atoms with E-state index in [9.17, 15) is 18.0 Å². The Bertz CT molecular complexity index is 1480. The first-order valence-corrected chi connectivity index (χ1v) is 15.3. The summed E-state index contributed by atoms with van der Waals surface area (Å²) in [5.41, 5.74) is 1.76. The highest BCUT2D eigenvalue weighted by Crippen LogP contribution is 2.31. The minimum atomic E-state index is -4.22. The van der Waals surface area contributed by atoms with Crippen molar-refractivity contribution in [2.45, 2.75) is 57.6 Å². The van der Waals surface area contributed by atoms with Crippen molar-refractivity contribution in [3.05, 3.63) is 87.9 Å². The first-order chi connectivity index (χ1) is 19.4. The van der Waals surface area contributed by atoms with Gasteiger partial charge in [-0.05, 0) is 75.2 Å². The van der Waals surface area contributed by atoms with Gasteiger partial charge in [0, 0.05) is 12.6 Å². The Morgan fingerprint density at radius 3 is 2.24 bits per heavy atom. The van der Waals surface area contributed by atoms with Gasteiger partial charge in [0.2, 0.25) is 11.8 Å². The van der Waals surface area contributed by atoms with Gasteiger partial charge in [0.05, 0.1) is 27.7 Å². The monoisotopic (exact) mass is 619 g/mol. The molecule has 3 aromatic carbocycles. The second-order valence-electron chi connectivity index (χ2n) is 9.88. The highest BCUT2D eigenvalue weighted by Gasteiger charge is 2.34. The summed E-state index contributed by atoms with van der Waals surface area (Å²) in [6.07, 6.45) is 0.311. The number of ether oxygens (including phenoxy) is 1.